The molecule has 1 atom stereocenters. The zero-order chi connectivity index (χ0) is 25.4. The summed E-state index contributed by atoms with van der Waals surface area (Å²) in [6.07, 6.45) is 0.940. The molecular formula is C27H23N7O3. The number of hydrogen-bond acceptors (Lipinski definition) is 6. The topological polar surface area (TPSA) is 124 Å². The molecule has 0 fully saturated rings. The maximum atomic E-state index is 13.5. The van der Waals surface area contributed by atoms with Crippen LogP contribution >= 0.6 is 0 Å². The van der Waals surface area contributed by atoms with Gasteiger partial charge in [0, 0.05) is 36.2 Å². The molecule has 0 saturated heterocycles. The van der Waals surface area contributed by atoms with Gasteiger partial charge in [-0.05, 0) is 42.3 Å². The quantitative estimate of drug-likeness (QED) is 0.408. The van der Waals surface area contributed by atoms with E-state index in [1.807, 2.05) is 48.5 Å². The number of amides is 3. The first-order chi connectivity index (χ1) is 18.1. The number of rotatable bonds is 7. The van der Waals surface area contributed by atoms with E-state index >= 15 is 0 Å². The second kappa shape index (κ2) is 9.30. The van der Waals surface area contributed by atoms with E-state index in [0.29, 0.717) is 34.7 Å². The van der Waals surface area contributed by atoms with Crippen molar-refractivity contribution in [3.05, 3.63) is 101 Å². The zero-order valence-corrected chi connectivity index (χ0v) is 19.8. The molecule has 6 rings (SSSR count). The molecule has 2 aliphatic rings. The number of anilines is 2. The van der Waals surface area contributed by atoms with Crippen molar-refractivity contribution in [3.63, 3.8) is 0 Å². The Morgan fingerprint density at radius 1 is 0.892 bits per heavy atom. The summed E-state index contributed by atoms with van der Waals surface area (Å²) in [5, 5.41) is 16.8. The first-order valence-electron chi connectivity index (χ1n) is 12.0. The summed E-state index contributed by atoms with van der Waals surface area (Å²) in [5.74, 6) is 0.0994. The molecule has 10 heteroatoms. The van der Waals surface area contributed by atoms with E-state index in [4.69, 9.17) is 0 Å². The van der Waals surface area contributed by atoms with Crippen LogP contribution in [0.4, 0.5) is 11.4 Å². The molecule has 0 bridgehead atoms. The van der Waals surface area contributed by atoms with E-state index < -0.39 is 6.17 Å². The van der Waals surface area contributed by atoms with Crippen molar-refractivity contribution < 1.29 is 14.4 Å². The van der Waals surface area contributed by atoms with Crippen molar-refractivity contribution in [1.82, 2.24) is 25.5 Å². The summed E-state index contributed by atoms with van der Waals surface area (Å²) < 4.78 is 0. The number of fused-ring (bicyclic) bond motifs is 5. The van der Waals surface area contributed by atoms with Gasteiger partial charge in [-0.25, -0.2) is 0 Å². The van der Waals surface area contributed by atoms with E-state index in [0.717, 1.165) is 17.5 Å². The lowest BCUT2D eigenvalue weighted by atomic mass is 10.0. The highest BCUT2D eigenvalue weighted by Crippen LogP contribution is 2.45. The van der Waals surface area contributed by atoms with Gasteiger partial charge in [0.25, 0.3) is 11.8 Å². The second-order valence-electron chi connectivity index (χ2n) is 8.97. The highest BCUT2D eigenvalue weighted by Gasteiger charge is 2.47. The van der Waals surface area contributed by atoms with Gasteiger partial charge in [-0.3, -0.25) is 19.3 Å². The van der Waals surface area contributed by atoms with Gasteiger partial charge in [0.1, 0.15) is 6.17 Å². The fourth-order valence-electron chi connectivity index (χ4n) is 4.94. The Kier molecular flexibility index (Phi) is 5.68. The number of carbonyl (C=O) groups excluding carboxylic acids is 3. The van der Waals surface area contributed by atoms with Crippen LogP contribution in [0.3, 0.4) is 0 Å². The molecule has 0 aliphatic carbocycles. The Hall–Kier alpha value is -4.86. The number of H-pyrrole nitrogens is 1. The van der Waals surface area contributed by atoms with Crippen molar-refractivity contribution in [3.8, 4) is 0 Å². The van der Waals surface area contributed by atoms with Crippen LogP contribution in [0.1, 0.15) is 50.3 Å². The van der Waals surface area contributed by atoms with Gasteiger partial charge in [0.15, 0.2) is 5.82 Å². The maximum absolute atomic E-state index is 13.5. The third-order valence-electron chi connectivity index (χ3n) is 6.73. The smallest absolute Gasteiger partial charge is 0.260 e. The standard InChI is InChI=1S/C27H23N7O3/c35-24(28-18-12-9-17(10-13-18)11-14-23-29-31-32-30-23)15-16-33-25-19-5-1-2-6-20(19)27(37)34(25)22-8-4-3-7-21(22)26(33)36/h1-10,12-13,25H,11,14-16H2,(H,28,35)(H,29,30,31,32). The molecule has 2 N–H and O–H groups in total. The van der Waals surface area contributed by atoms with Crippen molar-refractivity contribution in [1.29, 1.82) is 0 Å². The largest absolute Gasteiger partial charge is 0.326 e. The second-order valence-corrected chi connectivity index (χ2v) is 8.97. The number of aromatic nitrogens is 4. The number of nitrogens with one attached hydrogen (secondary N) is 2. The van der Waals surface area contributed by atoms with Gasteiger partial charge >= 0.3 is 0 Å². The average molecular weight is 494 g/mol. The number of hydrogen-bond donors (Lipinski definition) is 2. The van der Waals surface area contributed by atoms with Crippen LogP contribution in [0.2, 0.25) is 0 Å². The van der Waals surface area contributed by atoms with Gasteiger partial charge in [-0.1, -0.05) is 47.7 Å². The lowest BCUT2D eigenvalue weighted by Crippen LogP contribution is -2.48. The zero-order valence-electron chi connectivity index (χ0n) is 19.8. The predicted molar refractivity (Wildman–Crippen MR) is 135 cm³/mol. The normalized spacial score (nSPS) is 15.8. The highest BCUT2D eigenvalue weighted by atomic mass is 16.2. The molecule has 2 aliphatic heterocycles. The lowest BCUT2D eigenvalue weighted by Gasteiger charge is -2.40. The number of benzene rings is 3. The Morgan fingerprint density at radius 3 is 2.43 bits per heavy atom. The Morgan fingerprint density at radius 2 is 1.65 bits per heavy atom. The SMILES string of the molecule is O=C(CCN1C(=O)c2ccccc2N2C(=O)c3ccccc3C12)Nc1ccc(CCc2nn[nH]n2)cc1. The summed E-state index contributed by atoms with van der Waals surface area (Å²) in [4.78, 5) is 42.8. The Labute approximate surface area is 212 Å². The van der Waals surface area contributed by atoms with Crippen molar-refractivity contribution in [2.24, 2.45) is 0 Å². The van der Waals surface area contributed by atoms with Crippen molar-refractivity contribution >= 4 is 29.1 Å². The van der Waals surface area contributed by atoms with Crippen molar-refractivity contribution in [2.45, 2.75) is 25.4 Å². The minimum Gasteiger partial charge on any atom is -0.326 e. The summed E-state index contributed by atoms with van der Waals surface area (Å²) in [5.41, 5.74) is 4.16. The molecule has 3 aromatic carbocycles. The van der Waals surface area contributed by atoms with E-state index in [2.05, 4.69) is 25.9 Å². The molecule has 37 heavy (non-hydrogen) atoms. The number of tetrazole rings is 1. The van der Waals surface area contributed by atoms with Crippen LogP contribution in [-0.2, 0) is 17.6 Å². The molecule has 1 aromatic heterocycles. The molecule has 4 aromatic rings. The summed E-state index contributed by atoms with van der Waals surface area (Å²) >= 11 is 0. The third kappa shape index (κ3) is 4.12. The summed E-state index contributed by atoms with van der Waals surface area (Å²) in [6, 6.07) is 22.0. The monoisotopic (exact) mass is 493 g/mol. The van der Waals surface area contributed by atoms with Crippen LogP contribution < -0.4 is 10.2 Å². The lowest BCUT2D eigenvalue weighted by molar-refractivity contribution is -0.116. The van der Waals surface area contributed by atoms with Gasteiger partial charge < -0.3 is 10.2 Å². The van der Waals surface area contributed by atoms with Gasteiger partial charge in [-0.15, -0.1) is 10.2 Å². The van der Waals surface area contributed by atoms with Crippen LogP contribution in [0.5, 0.6) is 0 Å². The molecule has 10 nitrogen and oxygen atoms in total. The Bertz CT molecular complexity index is 1480. The van der Waals surface area contributed by atoms with Crippen molar-refractivity contribution in [2.75, 3.05) is 16.8 Å². The molecule has 0 radical (unpaired) electrons. The third-order valence-corrected chi connectivity index (χ3v) is 6.73. The van der Waals surface area contributed by atoms with Gasteiger partial charge in [-0.2, -0.15) is 5.21 Å². The predicted octanol–water partition coefficient (Wildman–Crippen LogP) is 3.13. The van der Waals surface area contributed by atoms with E-state index in [1.165, 1.54) is 0 Å². The van der Waals surface area contributed by atoms with Gasteiger partial charge in [0.2, 0.25) is 5.91 Å². The Balaban J connectivity index is 1.15. The number of para-hydroxylation sites is 1. The number of nitrogens with zero attached hydrogens (tertiary/aromatic N) is 5. The maximum Gasteiger partial charge on any atom is 0.260 e. The molecule has 3 heterocycles. The molecular weight excluding hydrogens is 470 g/mol. The van der Waals surface area contributed by atoms with E-state index in [-0.39, 0.29) is 30.7 Å². The fraction of sp³-hybridized carbons (Fsp3) is 0.185. The van der Waals surface area contributed by atoms with E-state index in [1.54, 1.807) is 34.1 Å². The highest BCUT2D eigenvalue weighted by molar-refractivity contribution is 6.16. The van der Waals surface area contributed by atoms with Crippen LogP contribution in [-0.4, -0.2) is 49.8 Å². The number of aryl methyl sites for hydroxylation is 2. The van der Waals surface area contributed by atoms with Crippen LogP contribution in [0.25, 0.3) is 0 Å². The first-order valence-corrected chi connectivity index (χ1v) is 12.0. The number of carbonyl (C=O) groups is 3. The number of aromatic amines is 1. The van der Waals surface area contributed by atoms with Crippen LogP contribution in [0, 0.1) is 0 Å². The average Bonchev–Trinajstić information content (AvgIpc) is 3.55. The minimum absolute atomic E-state index is 0.0915. The first kappa shape index (κ1) is 22.6. The van der Waals surface area contributed by atoms with Crippen LogP contribution in [0.15, 0.2) is 72.8 Å². The summed E-state index contributed by atoms with van der Waals surface area (Å²) in [6.45, 7) is 0.171. The molecule has 0 spiro atoms. The molecule has 184 valence electrons. The minimum atomic E-state index is -0.572. The summed E-state index contributed by atoms with van der Waals surface area (Å²) in [7, 11) is 0. The van der Waals surface area contributed by atoms with E-state index in [9.17, 15) is 14.4 Å². The fourth-order valence-corrected chi connectivity index (χ4v) is 4.94. The van der Waals surface area contributed by atoms with Gasteiger partial charge in [0.05, 0.1) is 11.3 Å². The molecule has 1 unspecified atom stereocenters. The molecule has 3 amide bonds. The molecule has 0 saturated carbocycles.